The second-order valence-corrected chi connectivity index (χ2v) is 9.26. The van der Waals surface area contributed by atoms with Crippen molar-refractivity contribution >= 4 is 27.7 Å². The first kappa shape index (κ1) is 23.3. The van der Waals surface area contributed by atoms with E-state index in [0.29, 0.717) is 37.4 Å². The topological polar surface area (TPSA) is 49.9 Å². The number of carbonyl (C=O) groups is 2. The van der Waals surface area contributed by atoms with Crippen LogP contribution in [0.5, 0.6) is 5.75 Å². The Kier molecular flexibility index (Phi) is 8.13. The van der Waals surface area contributed by atoms with E-state index in [1.165, 1.54) is 0 Å². The van der Waals surface area contributed by atoms with Crippen molar-refractivity contribution in [2.24, 2.45) is 5.92 Å². The zero-order chi connectivity index (χ0) is 22.4. The largest absolute Gasteiger partial charge is 0.491 e. The summed E-state index contributed by atoms with van der Waals surface area (Å²) in [7, 11) is 1.82. The van der Waals surface area contributed by atoms with Crippen LogP contribution in [-0.2, 0) is 11.2 Å². The molecule has 0 spiro atoms. The Morgan fingerprint density at radius 3 is 2.52 bits per heavy atom. The molecule has 1 atom stereocenters. The number of para-hydroxylation sites is 1. The number of amides is 2. The summed E-state index contributed by atoms with van der Waals surface area (Å²) in [5, 5.41) is 0. The number of hydrogen-bond donors (Lipinski definition) is 0. The van der Waals surface area contributed by atoms with Gasteiger partial charge in [0.05, 0.1) is 18.0 Å². The molecule has 166 valence electrons. The van der Waals surface area contributed by atoms with Gasteiger partial charge in [-0.05, 0) is 42.5 Å². The summed E-state index contributed by atoms with van der Waals surface area (Å²) in [5.41, 5.74) is 1.55. The fourth-order valence-corrected chi connectivity index (χ4v) is 4.33. The van der Waals surface area contributed by atoms with Crippen LogP contribution in [-0.4, -0.2) is 54.4 Å². The first-order chi connectivity index (χ1) is 14.9. The van der Waals surface area contributed by atoms with Crippen molar-refractivity contribution in [2.45, 2.75) is 39.2 Å². The smallest absolute Gasteiger partial charge is 0.257 e. The van der Waals surface area contributed by atoms with Crippen molar-refractivity contribution in [3.63, 3.8) is 0 Å². The maximum absolute atomic E-state index is 13.4. The minimum atomic E-state index is -0.0738. The van der Waals surface area contributed by atoms with Crippen molar-refractivity contribution in [3.05, 3.63) is 64.1 Å². The molecule has 2 amide bonds. The number of nitrogens with zero attached hydrogens (tertiary/aromatic N) is 2. The highest BCUT2D eigenvalue weighted by Gasteiger charge is 2.28. The van der Waals surface area contributed by atoms with Gasteiger partial charge in [0.2, 0.25) is 5.91 Å². The van der Waals surface area contributed by atoms with Crippen molar-refractivity contribution in [3.8, 4) is 5.75 Å². The lowest BCUT2D eigenvalue weighted by Crippen LogP contribution is -2.48. The molecule has 0 unspecified atom stereocenters. The monoisotopic (exact) mass is 486 g/mol. The Balaban J connectivity index is 1.87. The Morgan fingerprint density at radius 2 is 1.77 bits per heavy atom. The maximum atomic E-state index is 13.4. The first-order valence-electron chi connectivity index (χ1n) is 10.9. The van der Waals surface area contributed by atoms with Gasteiger partial charge in [0.1, 0.15) is 12.4 Å². The van der Waals surface area contributed by atoms with Gasteiger partial charge in [0.15, 0.2) is 0 Å². The van der Waals surface area contributed by atoms with Crippen LogP contribution < -0.4 is 4.74 Å². The SMILES string of the molecule is CC(C)[C@H]1COc2ccccc2C(=O)N(C)CCCCN1C(=O)Cc1ccccc1Br. The number of rotatable bonds is 3. The van der Waals surface area contributed by atoms with Crippen LogP contribution in [0.3, 0.4) is 0 Å². The average molecular weight is 487 g/mol. The van der Waals surface area contributed by atoms with E-state index in [1.807, 2.05) is 54.4 Å². The Bertz CT molecular complexity index is 915. The highest BCUT2D eigenvalue weighted by molar-refractivity contribution is 9.10. The number of fused-ring (bicyclic) bond motifs is 1. The van der Waals surface area contributed by atoms with Gasteiger partial charge in [0.25, 0.3) is 5.91 Å². The molecule has 6 heteroatoms. The number of halogens is 1. The van der Waals surface area contributed by atoms with E-state index in [4.69, 9.17) is 4.74 Å². The molecule has 0 saturated heterocycles. The van der Waals surface area contributed by atoms with Crippen molar-refractivity contribution in [1.82, 2.24) is 9.80 Å². The summed E-state index contributed by atoms with van der Waals surface area (Å²) in [4.78, 5) is 30.0. The molecule has 2 aromatic rings. The summed E-state index contributed by atoms with van der Waals surface area (Å²) in [6, 6.07) is 15.1. The average Bonchev–Trinajstić information content (AvgIpc) is 2.75. The molecule has 0 radical (unpaired) electrons. The van der Waals surface area contributed by atoms with Gasteiger partial charge in [-0.25, -0.2) is 0 Å². The number of carbonyl (C=O) groups excluding carboxylic acids is 2. The third-order valence-electron chi connectivity index (χ3n) is 5.81. The predicted octanol–water partition coefficient (Wildman–Crippen LogP) is 4.79. The van der Waals surface area contributed by atoms with E-state index >= 15 is 0 Å². The summed E-state index contributed by atoms with van der Waals surface area (Å²) in [6.45, 7) is 5.88. The van der Waals surface area contributed by atoms with Gasteiger partial charge in [-0.2, -0.15) is 0 Å². The van der Waals surface area contributed by atoms with Crippen LogP contribution in [0, 0.1) is 5.92 Å². The van der Waals surface area contributed by atoms with E-state index in [2.05, 4.69) is 29.8 Å². The number of benzene rings is 2. The lowest BCUT2D eigenvalue weighted by Gasteiger charge is -2.35. The second-order valence-electron chi connectivity index (χ2n) is 8.41. The standard InChI is InChI=1S/C25H31BrN2O3/c1-18(2)22-17-31-23-13-7-5-11-20(23)25(30)27(3)14-8-9-15-28(22)24(29)16-19-10-4-6-12-21(19)26/h4-7,10-13,18,22H,8-9,14-17H2,1-3H3/t22-/m1/s1. The van der Waals surface area contributed by atoms with E-state index < -0.39 is 0 Å². The fraction of sp³-hybridized carbons (Fsp3) is 0.440. The first-order valence-corrected chi connectivity index (χ1v) is 11.7. The van der Waals surface area contributed by atoms with Crippen LogP contribution in [0.2, 0.25) is 0 Å². The minimum absolute atomic E-state index is 0.0286. The fourth-order valence-electron chi connectivity index (χ4n) is 3.91. The van der Waals surface area contributed by atoms with Gasteiger partial charge in [-0.15, -0.1) is 0 Å². The molecule has 3 rings (SSSR count). The molecule has 1 aliphatic heterocycles. The zero-order valence-corrected chi connectivity index (χ0v) is 20.1. The lowest BCUT2D eigenvalue weighted by molar-refractivity contribution is -0.134. The van der Waals surface area contributed by atoms with Gasteiger partial charge in [0, 0.05) is 24.6 Å². The molecular formula is C25H31BrN2O3. The molecule has 1 heterocycles. The molecule has 0 aliphatic carbocycles. The van der Waals surface area contributed by atoms with Crippen LogP contribution in [0.4, 0.5) is 0 Å². The molecule has 2 aromatic carbocycles. The molecule has 0 fully saturated rings. The van der Waals surface area contributed by atoms with Crippen LogP contribution in [0.25, 0.3) is 0 Å². The van der Waals surface area contributed by atoms with Crippen molar-refractivity contribution in [2.75, 3.05) is 26.7 Å². The predicted molar refractivity (Wildman–Crippen MR) is 126 cm³/mol. The minimum Gasteiger partial charge on any atom is -0.491 e. The van der Waals surface area contributed by atoms with E-state index in [9.17, 15) is 9.59 Å². The Labute approximate surface area is 193 Å². The molecular weight excluding hydrogens is 456 g/mol. The van der Waals surface area contributed by atoms with E-state index in [1.54, 1.807) is 11.0 Å². The quantitative estimate of drug-likeness (QED) is 0.626. The summed E-state index contributed by atoms with van der Waals surface area (Å²) < 4.78 is 7.11. The van der Waals surface area contributed by atoms with Gasteiger partial charge in [-0.3, -0.25) is 9.59 Å². The molecule has 0 saturated carbocycles. The highest BCUT2D eigenvalue weighted by Crippen LogP contribution is 2.24. The van der Waals surface area contributed by atoms with E-state index in [0.717, 1.165) is 22.9 Å². The summed E-state index contributed by atoms with van der Waals surface area (Å²) >= 11 is 3.56. The third-order valence-corrected chi connectivity index (χ3v) is 6.58. The van der Waals surface area contributed by atoms with Gasteiger partial charge < -0.3 is 14.5 Å². The Hall–Kier alpha value is -2.34. The highest BCUT2D eigenvalue weighted by atomic mass is 79.9. The zero-order valence-electron chi connectivity index (χ0n) is 18.5. The molecule has 0 aromatic heterocycles. The normalized spacial score (nSPS) is 18.1. The molecule has 0 N–H and O–H groups in total. The third kappa shape index (κ3) is 5.88. The number of ether oxygens (including phenoxy) is 1. The van der Waals surface area contributed by atoms with Crippen LogP contribution in [0.15, 0.2) is 53.0 Å². The summed E-state index contributed by atoms with van der Waals surface area (Å²) in [6.07, 6.45) is 2.03. The van der Waals surface area contributed by atoms with Gasteiger partial charge >= 0.3 is 0 Å². The molecule has 31 heavy (non-hydrogen) atoms. The molecule has 1 aliphatic rings. The second kappa shape index (κ2) is 10.8. The number of hydrogen-bond acceptors (Lipinski definition) is 3. The van der Waals surface area contributed by atoms with Crippen LogP contribution in [0.1, 0.15) is 42.6 Å². The van der Waals surface area contributed by atoms with Gasteiger partial charge in [-0.1, -0.05) is 60.1 Å². The van der Waals surface area contributed by atoms with Crippen molar-refractivity contribution < 1.29 is 14.3 Å². The van der Waals surface area contributed by atoms with Crippen molar-refractivity contribution in [1.29, 1.82) is 0 Å². The summed E-state index contributed by atoms with van der Waals surface area (Å²) in [5.74, 6) is 0.864. The Morgan fingerprint density at radius 1 is 1.10 bits per heavy atom. The van der Waals surface area contributed by atoms with E-state index in [-0.39, 0.29) is 23.8 Å². The maximum Gasteiger partial charge on any atom is 0.257 e. The molecule has 0 bridgehead atoms. The van der Waals surface area contributed by atoms with Crippen LogP contribution >= 0.6 is 15.9 Å². The lowest BCUT2D eigenvalue weighted by atomic mass is 10.0. The molecule has 5 nitrogen and oxygen atoms in total.